The molecule has 3 aromatic rings. The van der Waals surface area contributed by atoms with Gasteiger partial charge >= 0.3 is 8.80 Å². The second-order valence-electron chi connectivity index (χ2n) is 14.9. The van der Waals surface area contributed by atoms with Crippen molar-refractivity contribution in [3.05, 3.63) is 101 Å². The van der Waals surface area contributed by atoms with Crippen LogP contribution in [0.15, 0.2) is 72.8 Å². The molecule has 2 aliphatic carbocycles. The Kier molecular flexibility index (Phi) is 15.5. The molecule has 2 saturated carbocycles. The molecule has 0 radical (unpaired) electrons. The van der Waals surface area contributed by atoms with Crippen LogP contribution in [0.4, 0.5) is 0 Å². The lowest BCUT2D eigenvalue weighted by Gasteiger charge is -2.44. The second kappa shape index (κ2) is 20.5. The third-order valence-electron chi connectivity index (χ3n) is 11.7. The normalized spacial score (nSPS) is 25.5. The van der Waals surface area contributed by atoms with E-state index in [9.17, 15) is 4.79 Å². The second-order valence-corrected chi connectivity index (χ2v) is 18.0. The van der Waals surface area contributed by atoms with Gasteiger partial charge in [-0.2, -0.15) is 0 Å². The van der Waals surface area contributed by atoms with E-state index in [-0.39, 0.29) is 31.3 Å². The fourth-order valence-electron chi connectivity index (χ4n) is 8.83. The van der Waals surface area contributed by atoms with Crippen molar-refractivity contribution in [2.45, 2.75) is 100 Å². The van der Waals surface area contributed by atoms with E-state index in [2.05, 4.69) is 53.8 Å². The number of ether oxygens (including phenoxy) is 6. The molecular weight excluding hydrogens is 731 g/mol. The molecule has 12 heteroatoms. The molecule has 1 amide bonds. The van der Waals surface area contributed by atoms with Crippen LogP contribution in [0.2, 0.25) is 6.04 Å². The summed E-state index contributed by atoms with van der Waals surface area (Å²) in [6.45, 7) is 2.56. The predicted octanol–water partition coefficient (Wildman–Crippen LogP) is 7.47. The Morgan fingerprint density at radius 1 is 0.714 bits per heavy atom. The van der Waals surface area contributed by atoms with Crippen molar-refractivity contribution in [2.75, 3.05) is 61.4 Å². The van der Waals surface area contributed by atoms with Gasteiger partial charge in [-0.1, -0.05) is 86.3 Å². The molecular formula is C44H61NO10Si. The van der Waals surface area contributed by atoms with Crippen molar-refractivity contribution in [2.24, 2.45) is 0 Å². The number of nitrogens with one attached hydrogen (secondary N) is 1. The Balaban J connectivity index is 1.34. The lowest BCUT2D eigenvalue weighted by molar-refractivity contribution is -0.191. The monoisotopic (exact) mass is 791 g/mol. The number of fused-ring (bicyclic) bond motifs is 4. The lowest BCUT2D eigenvalue weighted by atomic mass is 9.77. The number of hydrogen-bond acceptors (Lipinski definition) is 10. The molecule has 1 N–H and O–H groups in total. The zero-order valence-electron chi connectivity index (χ0n) is 33.7. The highest BCUT2D eigenvalue weighted by Crippen LogP contribution is 2.45. The minimum Gasteiger partial charge on any atom is -0.496 e. The SMILES string of the molecule is COc1c2cc(C(=O)NCCC[Si](OC)(OC)OC)cc1CO[C@@H]1CCCC[C@]1(c1ccccc1)OCCOCCO[C@@]1(c3ccccc3)CCCC[C@H]1OC2. The summed E-state index contributed by atoms with van der Waals surface area (Å²) in [5.41, 5.74) is 2.92. The summed E-state index contributed by atoms with van der Waals surface area (Å²) in [6, 6.07) is 25.1. The van der Waals surface area contributed by atoms with E-state index < -0.39 is 20.0 Å². The zero-order chi connectivity index (χ0) is 39.3. The van der Waals surface area contributed by atoms with Crippen LogP contribution in [0.5, 0.6) is 5.75 Å². The van der Waals surface area contributed by atoms with Gasteiger partial charge in [-0.15, -0.1) is 0 Å². The average Bonchev–Trinajstić information content (AvgIpc) is 3.25. The van der Waals surface area contributed by atoms with E-state index >= 15 is 0 Å². The molecule has 0 saturated heterocycles. The maximum Gasteiger partial charge on any atom is 0.500 e. The molecule has 1 heterocycles. The number of hydrogen-bond donors (Lipinski definition) is 1. The number of amides is 1. The standard InChI is InChI=1S/C44H61NO10Si/c1-47-41-35-30-34(42(46)45-24-15-29-56(48-2,49-3)50-4)31-36(41)33-53-40-21-12-14-23-44(40,38-18-9-6-10-19-38)55-28-26-51-25-27-54-43(37-16-7-5-8-17-37)22-13-11-20-39(43)52-32-35/h5-10,16-19,30-31,39-40H,11-15,20-29,32-33H2,1-4H3,(H,45,46)/t39-,40-,43-,44-/m1/s1. The van der Waals surface area contributed by atoms with Crippen molar-refractivity contribution < 1.29 is 46.5 Å². The molecule has 306 valence electrons. The smallest absolute Gasteiger partial charge is 0.496 e. The Morgan fingerprint density at radius 3 is 1.68 bits per heavy atom. The Hall–Kier alpha value is -3.17. The first-order chi connectivity index (χ1) is 27.4. The van der Waals surface area contributed by atoms with Gasteiger partial charge in [0.1, 0.15) is 17.0 Å². The quantitative estimate of drug-likeness (QED) is 0.155. The fraction of sp³-hybridized carbons (Fsp3) is 0.568. The molecule has 56 heavy (non-hydrogen) atoms. The van der Waals surface area contributed by atoms with Gasteiger partial charge in [0.2, 0.25) is 0 Å². The van der Waals surface area contributed by atoms with Crippen LogP contribution in [0, 0.1) is 0 Å². The van der Waals surface area contributed by atoms with Crippen LogP contribution in [0.3, 0.4) is 0 Å². The van der Waals surface area contributed by atoms with Crippen LogP contribution in [-0.2, 0) is 61.4 Å². The summed E-state index contributed by atoms with van der Waals surface area (Å²) >= 11 is 0. The van der Waals surface area contributed by atoms with E-state index in [1.807, 2.05) is 24.3 Å². The van der Waals surface area contributed by atoms with Crippen molar-refractivity contribution in [1.82, 2.24) is 5.32 Å². The Labute approximate surface area is 334 Å². The predicted molar refractivity (Wildman–Crippen MR) is 215 cm³/mol. The summed E-state index contributed by atoms with van der Waals surface area (Å²) in [7, 11) is 3.69. The van der Waals surface area contributed by atoms with Gasteiger partial charge in [0.25, 0.3) is 5.91 Å². The van der Waals surface area contributed by atoms with Crippen LogP contribution in [-0.4, -0.2) is 88.3 Å². The molecule has 2 bridgehead atoms. The lowest BCUT2D eigenvalue weighted by Crippen LogP contribution is -2.47. The van der Waals surface area contributed by atoms with Crippen LogP contribution < -0.4 is 10.1 Å². The molecule has 11 nitrogen and oxygen atoms in total. The molecule has 2 fully saturated rings. The number of benzene rings is 3. The molecule has 3 aliphatic rings. The molecule has 1 aliphatic heterocycles. The molecule has 0 unspecified atom stereocenters. The largest absolute Gasteiger partial charge is 0.500 e. The fourth-order valence-corrected chi connectivity index (χ4v) is 10.6. The molecule has 0 aromatic heterocycles. The van der Waals surface area contributed by atoms with Crippen molar-refractivity contribution in [3.63, 3.8) is 0 Å². The molecule has 3 aromatic carbocycles. The van der Waals surface area contributed by atoms with Gasteiger partial charge in [-0.05, 0) is 55.4 Å². The van der Waals surface area contributed by atoms with Crippen LogP contribution in [0.25, 0.3) is 0 Å². The van der Waals surface area contributed by atoms with Gasteiger partial charge in [-0.3, -0.25) is 4.79 Å². The van der Waals surface area contributed by atoms with Gasteiger partial charge in [0.05, 0.1) is 59.0 Å². The maximum absolute atomic E-state index is 13.9. The van der Waals surface area contributed by atoms with Crippen molar-refractivity contribution in [1.29, 1.82) is 0 Å². The summed E-state index contributed by atoms with van der Waals surface area (Å²) < 4.78 is 56.7. The average molecular weight is 792 g/mol. The number of rotatable bonds is 11. The number of carbonyl (C=O) groups is 1. The number of carbonyl (C=O) groups excluding carboxylic acids is 1. The first-order valence-electron chi connectivity index (χ1n) is 20.3. The van der Waals surface area contributed by atoms with E-state index in [1.165, 1.54) is 0 Å². The van der Waals surface area contributed by atoms with Gasteiger partial charge in [0, 0.05) is 50.6 Å². The highest BCUT2D eigenvalue weighted by Gasteiger charge is 2.46. The minimum atomic E-state index is -2.77. The van der Waals surface area contributed by atoms with Crippen LogP contribution >= 0.6 is 0 Å². The summed E-state index contributed by atoms with van der Waals surface area (Å²) in [5, 5.41) is 3.10. The van der Waals surface area contributed by atoms with E-state index in [0.29, 0.717) is 56.8 Å². The van der Waals surface area contributed by atoms with Gasteiger partial charge in [-0.25, -0.2) is 0 Å². The van der Waals surface area contributed by atoms with E-state index in [1.54, 1.807) is 28.4 Å². The third kappa shape index (κ3) is 9.74. The third-order valence-corrected chi connectivity index (χ3v) is 14.6. The van der Waals surface area contributed by atoms with Crippen molar-refractivity contribution >= 4 is 14.7 Å². The molecule has 0 spiro atoms. The first-order valence-corrected chi connectivity index (χ1v) is 22.2. The Morgan fingerprint density at radius 2 is 1.21 bits per heavy atom. The molecule has 6 rings (SSSR count). The van der Waals surface area contributed by atoms with E-state index in [0.717, 1.165) is 73.6 Å². The maximum atomic E-state index is 13.9. The van der Waals surface area contributed by atoms with Gasteiger partial charge in [0.15, 0.2) is 0 Å². The van der Waals surface area contributed by atoms with E-state index in [4.69, 9.17) is 41.7 Å². The van der Waals surface area contributed by atoms with Gasteiger partial charge < -0.3 is 47.0 Å². The topological polar surface area (TPSA) is 112 Å². The number of methoxy groups -OCH3 is 1. The summed E-state index contributed by atoms with van der Waals surface area (Å²) in [6.07, 6.45) is 7.58. The van der Waals surface area contributed by atoms with Crippen LogP contribution in [0.1, 0.15) is 90.4 Å². The minimum absolute atomic E-state index is 0.198. The molecule has 4 atom stereocenters. The first kappa shape index (κ1) is 42.4. The summed E-state index contributed by atoms with van der Waals surface area (Å²) in [4.78, 5) is 13.9. The zero-order valence-corrected chi connectivity index (χ0v) is 34.7. The highest BCUT2D eigenvalue weighted by atomic mass is 28.4. The van der Waals surface area contributed by atoms with Crippen molar-refractivity contribution in [3.8, 4) is 5.75 Å². The summed E-state index contributed by atoms with van der Waals surface area (Å²) in [5.74, 6) is 0.451. The highest BCUT2D eigenvalue weighted by molar-refractivity contribution is 6.60. The Bertz CT molecular complexity index is 1560.